The molecule has 0 spiro atoms. The third-order valence-corrected chi connectivity index (χ3v) is 3.45. The molecule has 0 aromatic heterocycles. The summed E-state index contributed by atoms with van der Waals surface area (Å²) in [5.74, 6) is 0. The Bertz CT molecular complexity index is 582. The highest BCUT2D eigenvalue weighted by molar-refractivity contribution is 6.42. The second-order valence-electron chi connectivity index (χ2n) is 3.66. The van der Waals surface area contributed by atoms with Crippen molar-refractivity contribution in [3.8, 4) is 11.1 Å². The molecular formula is C13H7Cl3F2. The van der Waals surface area contributed by atoms with Gasteiger partial charge in [-0.25, -0.2) is 8.78 Å². The van der Waals surface area contributed by atoms with E-state index in [9.17, 15) is 8.78 Å². The zero-order valence-electron chi connectivity index (χ0n) is 8.93. The SMILES string of the molecule is FC(F)c1cc(Cl)ccc1-c1ccc(Cl)c(Cl)c1. The quantitative estimate of drug-likeness (QED) is 0.615. The Balaban J connectivity index is 2.59. The van der Waals surface area contributed by atoms with Gasteiger partial charge < -0.3 is 0 Å². The normalized spacial score (nSPS) is 11.0. The minimum Gasteiger partial charge on any atom is -0.205 e. The molecule has 0 radical (unpaired) electrons. The molecule has 2 aromatic carbocycles. The van der Waals surface area contributed by atoms with E-state index in [2.05, 4.69) is 0 Å². The first-order valence-electron chi connectivity index (χ1n) is 5.02. The predicted molar refractivity (Wildman–Crippen MR) is 71.9 cm³/mol. The molecule has 0 unspecified atom stereocenters. The van der Waals surface area contributed by atoms with Crippen molar-refractivity contribution in [2.75, 3.05) is 0 Å². The molecule has 0 aliphatic carbocycles. The van der Waals surface area contributed by atoms with Gasteiger partial charge in [0.25, 0.3) is 6.43 Å². The molecule has 0 saturated heterocycles. The monoisotopic (exact) mass is 306 g/mol. The Kier molecular flexibility index (Phi) is 4.10. The van der Waals surface area contributed by atoms with Gasteiger partial charge in [0.2, 0.25) is 0 Å². The van der Waals surface area contributed by atoms with Crippen LogP contribution in [0.15, 0.2) is 36.4 Å². The molecule has 2 aromatic rings. The maximum atomic E-state index is 13.0. The number of hydrogen-bond acceptors (Lipinski definition) is 0. The molecule has 0 amide bonds. The van der Waals surface area contributed by atoms with Crippen molar-refractivity contribution in [2.24, 2.45) is 0 Å². The zero-order chi connectivity index (χ0) is 13.3. The molecule has 18 heavy (non-hydrogen) atoms. The van der Waals surface area contributed by atoms with Gasteiger partial charge in [0, 0.05) is 10.6 Å². The summed E-state index contributed by atoms with van der Waals surface area (Å²) in [7, 11) is 0. The highest BCUT2D eigenvalue weighted by Crippen LogP contribution is 2.35. The van der Waals surface area contributed by atoms with Crippen LogP contribution in [0.4, 0.5) is 8.78 Å². The van der Waals surface area contributed by atoms with E-state index in [0.717, 1.165) is 0 Å². The van der Waals surface area contributed by atoms with E-state index < -0.39 is 6.43 Å². The third-order valence-electron chi connectivity index (χ3n) is 2.48. The maximum absolute atomic E-state index is 13.0. The van der Waals surface area contributed by atoms with Gasteiger partial charge in [-0.2, -0.15) is 0 Å². The molecule has 0 fully saturated rings. The number of rotatable bonds is 2. The van der Waals surface area contributed by atoms with Crippen molar-refractivity contribution < 1.29 is 8.78 Å². The summed E-state index contributed by atoms with van der Waals surface area (Å²) >= 11 is 17.4. The van der Waals surface area contributed by atoms with Crippen molar-refractivity contribution in [1.82, 2.24) is 0 Å². The number of hydrogen-bond donors (Lipinski definition) is 0. The van der Waals surface area contributed by atoms with Crippen LogP contribution in [-0.4, -0.2) is 0 Å². The van der Waals surface area contributed by atoms with Crippen LogP contribution in [0.25, 0.3) is 11.1 Å². The highest BCUT2D eigenvalue weighted by Gasteiger charge is 2.15. The predicted octanol–water partition coefficient (Wildman–Crippen LogP) is 6.25. The summed E-state index contributed by atoms with van der Waals surface area (Å²) in [6.45, 7) is 0. The molecule has 0 aliphatic rings. The van der Waals surface area contributed by atoms with E-state index in [1.807, 2.05) is 0 Å². The lowest BCUT2D eigenvalue weighted by Gasteiger charge is -2.10. The summed E-state index contributed by atoms with van der Waals surface area (Å²) in [4.78, 5) is 0. The van der Waals surface area contributed by atoms with Crippen LogP contribution < -0.4 is 0 Å². The van der Waals surface area contributed by atoms with E-state index in [1.165, 1.54) is 6.07 Å². The molecule has 0 atom stereocenters. The fourth-order valence-electron chi connectivity index (χ4n) is 1.64. The fraction of sp³-hybridized carbons (Fsp3) is 0.0769. The van der Waals surface area contributed by atoms with Crippen LogP contribution in [0, 0.1) is 0 Å². The second-order valence-corrected chi connectivity index (χ2v) is 4.91. The Hall–Kier alpha value is -0.830. The lowest BCUT2D eigenvalue weighted by atomic mass is 10.00. The third kappa shape index (κ3) is 2.77. The molecular weight excluding hydrogens is 300 g/mol. The van der Waals surface area contributed by atoms with Crippen molar-refractivity contribution in [3.05, 3.63) is 57.0 Å². The van der Waals surface area contributed by atoms with Gasteiger partial charge in [-0.1, -0.05) is 46.9 Å². The second kappa shape index (κ2) is 5.43. The largest absolute Gasteiger partial charge is 0.264 e. The molecule has 5 heteroatoms. The summed E-state index contributed by atoms with van der Waals surface area (Å²) in [5.41, 5.74) is 0.852. The van der Waals surface area contributed by atoms with Crippen molar-refractivity contribution in [3.63, 3.8) is 0 Å². The minimum absolute atomic E-state index is 0.124. The van der Waals surface area contributed by atoms with Gasteiger partial charge in [-0.3, -0.25) is 0 Å². The molecule has 0 nitrogen and oxygen atoms in total. The molecule has 0 saturated carbocycles. The van der Waals surface area contributed by atoms with Gasteiger partial charge in [0.05, 0.1) is 10.0 Å². The summed E-state index contributed by atoms with van der Waals surface area (Å²) in [5, 5.41) is 0.978. The van der Waals surface area contributed by atoms with E-state index in [0.29, 0.717) is 21.2 Å². The lowest BCUT2D eigenvalue weighted by molar-refractivity contribution is 0.152. The van der Waals surface area contributed by atoms with Gasteiger partial charge in [-0.05, 0) is 35.4 Å². The first-order chi connectivity index (χ1) is 8.49. The molecule has 0 N–H and O–H groups in total. The van der Waals surface area contributed by atoms with Gasteiger partial charge in [-0.15, -0.1) is 0 Å². The molecule has 94 valence electrons. The summed E-state index contributed by atoms with van der Waals surface area (Å²) in [6.07, 6.45) is -2.60. The average Bonchev–Trinajstić information content (AvgIpc) is 2.32. The van der Waals surface area contributed by atoms with Crippen LogP contribution in [0.3, 0.4) is 0 Å². The Morgan fingerprint density at radius 1 is 0.833 bits per heavy atom. The smallest absolute Gasteiger partial charge is 0.205 e. The van der Waals surface area contributed by atoms with Crippen molar-refractivity contribution in [2.45, 2.75) is 6.43 Å². The first kappa shape index (κ1) is 13.6. The molecule has 0 aliphatic heterocycles. The van der Waals surface area contributed by atoms with E-state index in [-0.39, 0.29) is 10.6 Å². The lowest BCUT2D eigenvalue weighted by Crippen LogP contribution is -1.90. The zero-order valence-corrected chi connectivity index (χ0v) is 11.2. The number of halogens is 5. The van der Waals surface area contributed by atoms with Crippen LogP contribution in [0.1, 0.15) is 12.0 Å². The number of benzene rings is 2. The van der Waals surface area contributed by atoms with Gasteiger partial charge in [0.1, 0.15) is 0 Å². The Morgan fingerprint density at radius 2 is 1.56 bits per heavy atom. The highest BCUT2D eigenvalue weighted by atomic mass is 35.5. The van der Waals surface area contributed by atoms with E-state index in [1.54, 1.807) is 30.3 Å². The summed E-state index contributed by atoms with van der Waals surface area (Å²) in [6, 6.07) is 9.13. The van der Waals surface area contributed by atoms with Crippen molar-refractivity contribution >= 4 is 34.8 Å². The van der Waals surface area contributed by atoms with Crippen LogP contribution in [-0.2, 0) is 0 Å². The van der Waals surface area contributed by atoms with Gasteiger partial charge in [0.15, 0.2) is 0 Å². The van der Waals surface area contributed by atoms with Gasteiger partial charge >= 0.3 is 0 Å². The standard InChI is InChI=1S/C13H7Cl3F2/c14-8-2-3-9(10(6-8)13(17)18)7-1-4-11(15)12(16)5-7/h1-6,13H. The average molecular weight is 308 g/mol. The van der Waals surface area contributed by atoms with E-state index in [4.69, 9.17) is 34.8 Å². The minimum atomic E-state index is -2.60. The molecule has 0 heterocycles. The topological polar surface area (TPSA) is 0 Å². The fourth-order valence-corrected chi connectivity index (χ4v) is 2.12. The van der Waals surface area contributed by atoms with Crippen LogP contribution in [0.2, 0.25) is 15.1 Å². The summed E-state index contributed by atoms with van der Waals surface area (Å²) < 4.78 is 25.9. The van der Waals surface area contributed by atoms with Crippen LogP contribution >= 0.6 is 34.8 Å². The van der Waals surface area contributed by atoms with E-state index >= 15 is 0 Å². The number of alkyl halides is 2. The Labute approximate surface area is 118 Å². The maximum Gasteiger partial charge on any atom is 0.264 e. The first-order valence-corrected chi connectivity index (χ1v) is 6.15. The van der Waals surface area contributed by atoms with Crippen molar-refractivity contribution in [1.29, 1.82) is 0 Å². The molecule has 0 bridgehead atoms. The molecule has 2 rings (SSSR count). The Morgan fingerprint density at radius 3 is 2.17 bits per heavy atom. The van der Waals surface area contributed by atoms with Crippen LogP contribution in [0.5, 0.6) is 0 Å².